The molecule has 0 bridgehead atoms. The van der Waals surface area contributed by atoms with Crippen molar-refractivity contribution in [2.24, 2.45) is 0 Å². The van der Waals surface area contributed by atoms with Gasteiger partial charge in [0, 0.05) is 18.2 Å². The highest BCUT2D eigenvalue weighted by molar-refractivity contribution is 7.89. The van der Waals surface area contributed by atoms with E-state index < -0.39 is 10.0 Å². The summed E-state index contributed by atoms with van der Waals surface area (Å²) in [4.78, 5) is 0.199. The Morgan fingerprint density at radius 3 is 2.69 bits per heavy atom. The summed E-state index contributed by atoms with van der Waals surface area (Å²) in [6, 6.07) is 11.8. The lowest BCUT2D eigenvalue weighted by Gasteiger charge is -2.26. The van der Waals surface area contributed by atoms with Gasteiger partial charge in [-0.1, -0.05) is 12.1 Å². The molecule has 1 saturated heterocycles. The molecule has 2 aromatic carbocycles. The van der Waals surface area contributed by atoms with E-state index >= 15 is 0 Å². The first-order valence-corrected chi connectivity index (χ1v) is 10.6. The molecule has 29 heavy (non-hydrogen) atoms. The Morgan fingerprint density at radius 2 is 1.97 bits per heavy atom. The fourth-order valence-corrected chi connectivity index (χ4v) is 5.35. The first-order chi connectivity index (χ1) is 14.0. The number of rotatable bonds is 6. The number of nitrogens with zero attached hydrogens (tertiary/aromatic N) is 5. The van der Waals surface area contributed by atoms with Crippen molar-refractivity contribution in [2.75, 3.05) is 20.8 Å². The van der Waals surface area contributed by atoms with Crippen LogP contribution in [0.5, 0.6) is 11.5 Å². The van der Waals surface area contributed by atoms with Gasteiger partial charge < -0.3 is 9.47 Å². The van der Waals surface area contributed by atoms with Crippen LogP contribution in [-0.2, 0) is 10.0 Å². The molecule has 1 atom stereocenters. The lowest BCUT2D eigenvalue weighted by molar-refractivity contribution is 0.361. The van der Waals surface area contributed by atoms with Gasteiger partial charge in [-0.3, -0.25) is 0 Å². The molecule has 4 rings (SSSR count). The number of aromatic nitrogens is 4. The highest BCUT2D eigenvalue weighted by atomic mass is 32.2. The number of ether oxygens (including phenoxy) is 2. The summed E-state index contributed by atoms with van der Waals surface area (Å²) >= 11 is 0. The highest BCUT2D eigenvalue weighted by Crippen LogP contribution is 2.41. The van der Waals surface area contributed by atoms with Crippen LogP contribution in [0.15, 0.2) is 53.7 Å². The Bertz CT molecular complexity index is 1100. The van der Waals surface area contributed by atoms with Crippen molar-refractivity contribution in [3.63, 3.8) is 0 Å². The maximum absolute atomic E-state index is 13.5. The zero-order chi connectivity index (χ0) is 20.4. The van der Waals surface area contributed by atoms with Gasteiger partial charge in [-0.05, 0) is 47.5 Å². The monoisotopic (exact) mass is 415 g/mol. The molecule has 0 radical (unpaired) electrons. The van der Waals surface area contributed by atoms with Crippen LogP contribution in [0, 0.1) is 0 Å². The number of sulfonamides is 1. The molecule has 0 aliphatic carbocycles. The molecule has 2 heterocycles. The number of hydrogen-bond donors (Lipinski definition) is 0. The van der Waals surface area contributed by atoms with Crippen molar-refractivity contribution in [2.45, 2.75) is 23.8 Å². The van der Waals surface area contributed by atoms with Gasteiger partial charge in [-0.2, -0.15) is 4.31 Å². The number of methoxy groups -OCH3 is 2. The van der Waals surface area contributed by atoms with Crippen LogP contribution in [-0.4, -0.2) is 53.7 Å². The SMILES string of the molecule is COc1ccc(C2CCCN2S(=O)(=O)c2cccc(-n3cnnn3)c2)c(OC)c1. The van der Waals surface area contributed by atoms with Crippen molar-refractivity contribution in [3.05, 3.63) is 54.4 Å². The molecule has 10 heteroatoms. The summed E-state index contributed by atoms with van der Waals surface area (Å²) in [7, 11) is -0.573. The van der Waals surface area contributed by atoms with Gasteiger partial charge in [0.25, 0.3) is 0 Å². The quantitative estimate of drug-likeness (QED) is 0.608. The van der Waals surface area contributed by atoms with E-state index in [1.54, 1.807) is 44.6 Å². The maximum atomic E-state index is 13.5. The number of benzene rings is 2. The molecule has 0 amide bonds. The van der Waals surface area contributed by atoms with Gasteiger partial charge in [0.1, 0.15) is 17.8 Å². The zero-order valence-electron chi connectivity index (χ0n) is 16.1. The van der Waals surface area contributed by atoms with Crippen LogP contribution in [0.2, 0.25) is 0 Å². The van der Waals surface area contributed by atoms with E-state index in [4.69, 9.17) is 9.47 Å². The second-order valence-corrected chi connectivity index (χ2v) is 8.52. The van der Waals surface area contributed by atoms with Crippen molar-refractivity contribution < 1.29 is 17.9 Å². The van der Waals surface area contributed by atoms with Gasteiger partial charge in [0.2, 0.25) is 10.0 Å². The fraction of sp³-hybridized carbons (Fsp3) is 0.316. The van der Waals surface area contributed by atoms with Gasteiger partial charge in [0.05, 0.1) is 30.8 Å². The third kappa shape index (κ3) is 3.56. The van der Waals surface area contributed by atoms with Crippen molar-refractivity contribution in [3.8, 4) is 17.2 Å². The van der Waals surface area contributed by atoms with Crippen LogP contribution < -0.4 is 9.47 Å². The maximum Gasteiger partial charge on any atom is 0.243 e. The Kier molecular flexibility index (Phi) is 5.20. The van der Waals surface area contributed by atoms with E-state index in [-0.39, 0.29) is 10.9 Å². The van der Waals surface area contributed by atoms with E-state index in [1.165, 1.54) is 15.3 Å². The third-order valence-electron chi connectivity index (χ3n) is 5.04. The van der Waals surface area contributed by atoms with Gasteiger partial charge >= 0.3 is 0 Å². The average molecular weight is 415 g/mol. The van der Waals surface area contributed by atoms with Crippen molar-refractivity contribution in [1.29, 1.82) is 0 Å². The van der Waals surface area contributed by atoms with Crippen molar-refractivity contribution >= 4 is 10.0 Å². The summed E-state index contributed by atoms with van der Waals surface area (Å²) in [5.74, 6) is 1.27. The molecule has 1 aromatic heterocycles. The molecule has 1 fully saturated rings. The molecule has 1 aliphatic heterocycles. The molecular formula is C19H21N5O4S. The fourth-order valence-electron chi connectivity index (χ4n) is 3.63. The lowest BCUT2D eigenvalue weighted by atomic mass is 10.0. The van der Waals surface area contributed by atoms with Gasteiger partial charge in [-0.15, -0.1) is 5.10 Å². The topological polar surface area (TPSA) is 99.4 Å². The molecule has 0 N–H and O–H groups in total. The number of tetrazole rings is 1. The van der Waals surface area contributed by atoms with E-state index in [9.17, 15) is 8.42 Å². The standard InChI is InChI=1S/C19H21N5O4S/c1-27-15-8-9-17(19(12-15)28-2)18-7-4-10-24(18)29(25,26)16-6-3-5-14(11-16)23-13-20-21-22-23/h3,5-6,8-9,11-13,18H,4,7,10H2,1-2H3. The molecule has 0 spiro atoms. The van der Waals surface area contributed by atoms with Gasteiger partial charge in [0.15, 0.2) is 0 Å². The molecule has 3 aromatic rings. The van der Waals surface area contributed by atoms with Crippen LogP contribution in [0.1, 0.15) is 24.4 Å². The first kappa shape index (κ1) is 19.3. The summed E-state index contributed by atoms with van der Waals surface area (Å²) in [6.07, 6.45) is 2.91. The molecule has 0 saturated carbocycles. The van der Waals surface area contributed by atoms with E-state index in [0.29, 0.717) is 30.2 Å². The second kappa shape index (κ2) is 7.80. The minimum atomic E-state index is -3.73. The molecule has 152 valence electrons. The lowest BCUT2D eigenvalue weighted by Crippen LogP contribution is -2.31. The molecule has 1 unspecified atom stereocenters. The van der Waals surface area contributed by atoms with E-state index in [0.717, 1.165) is 12.0 Å². The van der Waals surface area contributed by atoms with Crippen LogP contribution >= 0.6 is 0 Å². The first-order valence-electron chi connectivity index (χ1n) is 9.12. The van der Waals surface area contributed by atoms with Crippen molar-refractivity contribution in [1.82, 2.24) is 24.5 Å². The Balaban J connectivity index is 1.71. The van der Waals surface area contributed by atoms with Crippen LogP contribution in [0.4, 0.5) is 0 Å². The normalized spacial score (nSPS) is 17.4. The summed E-state index contributed by atoms with van der Waals surface area (Å²) in [6.45, 7) is 0.442. The van der Waals surface area contributed by atoms with E-state index in [1.807, 2.05) is 12.1 Å². The Labute approximate surface area is 168 Å². The zero-order valence-corrected chi connectivity index (χ0v) is 16.9. The largest absolute Gasteiger partial charge is 0.497 e. The molecular weight excluding hydrogens is 394 g/mol. The summed E-state index contributed by atoms with van der Waals surface area (Å²) in [5, 5.41) is 11.0. The minimum Gasteiger partial charge on any atom is -0.497 e. The molecule has 9 nitrogen and oxygen atoms in total. The van der Waals surface area contributed by atoms with Crippen LogP contribution in [0.3, 0.4) is 0 Å². The molecule has 1 aliphatic rings. The third-order valence-corrected chi connectivity index (χ3v) is 6.95. The average Bonchev–Trinajstić information content (AvgIpc) is 3.45. The minimum absolute atomic E-state index is 0.199. The van der Waals surface area contributed by atoms with Gasteiger partial charge in [-0.25, -0.2) is 13.1 Å². The second-order valence-electron chi connectivity index (χ2n) is 6.63. The predicted octanol–water partition coefficient (Wildman–Crippen LogP) is 2.21. The highest BCUT2D eigenvalue weighted by Gasteiger charge is 2.37. The summed E-state index contributed by atoms with van der Waals surface area (Å²) < 4.78 is 40.6. The Hall–Kier alpha value is -2.98. The van der Waals surface area contributed by atoms with E-state index in [2.05, 4.69) is 15.5 Å². The predicted molar refractivity (Wildman–Crippen MR) is 105 cm³/mol. The van der Waals surface area contributed by atoms with Crippen LogP contribution in [0.25, 0.3) is 5.69 Å². The number of hydrogen-bond acceptors (Lipinski definition) is 7. The summed E-state index contributed by atoms with van der Waals surface area (Å²) in [5.41, 5.74) is 1.40. The Morgan fingerprint density at radius 1 is 1.10 bits per heavy atom. The smallest absolute Gasteiger partial charge is 0.243 e.